The van der Waals surface area contributed by atoms with E-state index < -0.39 is 0 Å². The number of nitrogens with one attached hydrogen (secondary N) is 2. The van der Waals surface area contributed by atoms with Crippen molar-refractivity contribution in [3.8, 4) is 0 Å². The van der Waals surface area contributed by atoms with Crippen LogP contribution < -0.4 is 10.6 Å². The standard InChI is InChI=1S/C15H19BrN4/c1-10(2)9-17-14-8-15(19-11(3)18-14)20-13-6-4-5-12(16)7-13/h4-8,10H,9H2,1-3H3,(H2,17,18,19,20). The van der Waals surface area contributed by atoms with Crippen molar-refractivity contribution in [3.63, 3.8) is 0 Å². The molecule has 0 amide bonds. The molecular weight excluding hydrogens is 316 g/mol. The van der Waals surface area contributed by atoms with Crippen molar-refractivity contribution in [2.45, 2.75) is 20.8 Å². The van der Waals surface area contributed by atoms with Crippen LogP contribution in [0.2, 0.25) is 0 Å². The van der Waals surface area contributed by atoms with E-state index in [2.05, 4.69) is 50.4 Å². The Morgan fingerprint density at radius 2 is 1.90 bits per heavy atom. The highest BCUT2D eigenvalue weighted by molar-refractivity contribution is 9.10. The van der Waals surface area contributed by atoms with Crippen LogP contribution in [0.5, 0.6) is 0 Å². The first-order valence-corrected chi connectivity index (χ1v) is 7.44. The maximum absolute atomic E-state index is 4.41. The summed E-state index contributed by atoms with van der Waals surface area (Å²) in [6, 6.07) is 9.92. The summed E-state index contributed by atoms with van der Waals surface area (Å²) >= 11 is 3.46. The molecule has 0 atom stereocenters. The number of halogens is 1. The van der Waals surface area contributed by atoms with Gasteiger partial charge in [0.1, 0.15) is 17.5 Å². The highest BCUT2D eigenvalue weighted by atomic mass is 79.9. The minimum Gasteiger partial charge on any atom is -0.370 e. The van der Waals surface area contributed by atoms with Gasteiger partial charge in [-0.05, 0) is 31.0 Å². The monoisotopic (exact) mass is 334 g/mol. The number of hydrogen-bond acceptors (Lipinski definition) is 4. The summed E-state index contributed by atoms with van der Waals surface area (Å²) in [5.41, 5.74) is 0.993. The van der Waals surface area contributed by atoms with Crippen LogP contribution in [0.15, 0.2) is 34.8 Å². The number of anilines is 3. The summed E-state index contributed by atoms with van der Waals surface area (Å²) < 4.78 is 1.03. The Hall–Kier alpha value is -1.62. The smallest absolute Gasteiger partial charge is 0.136 e. The van der Waals surface area contributed by atoms with Crippen molar-refractivity contribution in [3.05, 3.63) is 40.6 Å². The molecule has 0 spiro atoms. The molecule has 0 aliphatic carbocycles. The molecule has 4 nitrogen and oxygen atoms in total. The Balaban J connectivity index is 2.15. The topological polar surface area (TPSA) is 49.8 Å². The molecule has 5 heteroatoms. The Morgan fingerprint density at radius 3 is 2.60 bits per heavy atom. The normalized spacial score (nSPS) is 10.7. The number of aromatic nitrogens is 2. The Bertz CT molecular complexity index is 584. The zero-order chi connectivity index (χ0) is 14.5. The second-order valence-electron chi connectivity index (χ2n) is 5.10. The maximum Gasteiger partial charge on any atom is 0.136 e. The molecule has 0 unspecified atom stereocenters. The molecule has 2 rings (SSSR count). The highest BCUT2D eigenvalue weighted by Crippen LogP contribution is 2.20. The van der Waals surface area contributed by atoms with E-state index in [4.69, 9.17) is 0 Å². The van der Waals surface area contributed by atoms with Crippen LogP contribution in [-0.2, 0) is 0 Å². The maximum atomic E-state index is 4.41. The fraction of sp³-hybridized carbons (Fsp3) is 0.333. The van der Waals surface area contributed by atoms with Gasteiger partial charge in [0.15, 0.2) is 0 Å². The Morgan fingerprint density at radius 1 is 1.15 bits per heavy atom. The van der Waals surface area contributed by atoms with Crippen LogP contribution >= 0.6 is 15.9 Å². The zero-order valence-electron chi connectivity index (χ0n) is 11.9. The second-order valence-corrected chi connectivity index (χ2v) is 6.01. The first-order valence-electron chi connectivity index (χ1n) is 6.65. The van der Waals surface area contributed by atoms with Gasteiger partial charge in [0.2, 0.25) is 0 Å². The van der Waals surface area contributed by atoms with Crippen LogP contribution in [0.1, 0.15) is 19.7 Å². The molecule has 20 heavy (non-hydrogen) atoms. The lowest BCUT2D eigenvalue weighted by Crippen LogP contribution is -2.10. The van der Waals surface area contributed by atoms with Crippen molar-refractivity contribution in [1.82, 2.24) is 9.97 Å². The minimum absolute atomic E-state index is 0.576. The van der Waals surface area contributed by atoms with Gasteiger partial charge in [-0.1, -0.05) is 35.8 Å². The number of aryl methyl sites for hydroxylation is 1. The van der Waals surface area contributed by atoms with Gasteiger partial charge in [0.25, 0.3) is 0 Å². The largest absolute Gasteiger partial charge is 0.370 e. The summed E-state index contributed by atoms with van der Waals surface area (Å²) in [7, 11) is 0. The third-order valence-corrected chi connectivity index (χ3v) is 3.12. The van der Waals surface area contributed by atoms with Gasteiger partial charge in [-0.15, -0.1) is 0 Å². The summed E-state index contributed by atoms with van der Waals surface area (Å²) in [5, 5.41) is 6.61. The Kier molecular flexibility index (Phi) is 4.95. The molecule has 0 saturated heterocycles. The van der Waals surface area contributed by atoms with E-state index in [-0.39, 0.29) is 0 Å². The molecule has 1 aromatic heterocycles. The summed E-state index contributed by atoms with van der Waals surface area (Å²) in [6.07, 6.45) is 0. The van der Waals surface area contributed by atoms with Crippen LogP contribution in [0, 0.1) is 12.8 Å². The molecular formula is C15H19BrN4. The average molecular weight is 335 g/mol. The van der Waals surface area contributed by atoms with Crippen molar-refractivity contribution in [2.75, 3.05) is 17.2 Å². The third-order valence-electron chi connectivity index (χ3n) is 2.63. The quantitative estimate of drug-likeness (QED) is 0.852. The molecule has 0 aliphatic rings. The van der Waals surface area contributed by atoms with Crippen LogP contribution in [0.25, 0.3) is 0 Å². The highest BCUT2D eigenvalue weighted by Gasteiger charge is 2.03. The predicted octanol–water partition coefficient (Wildman–Crippen LogP) is 4.36. The molecule has 0 fully saturated rings. The summed E-state index contributed by atoms with van der Waals surface area (Å²) in [6.45, 7) is 7.13. The molecule has 0 saturated carbocycles. The second kappa shape index (κ2) is 6.70. The minimum atomic E-state index is 0.576. The van der Waals surface area contributed by atoms with Crippen molar-refractivity contribution >= 4 is 33.3 Å². The summed E-state index contributed by atoms with van der Waals surface area (Å²) in [4.78, 5) is 8.80. The first kappa shape index (κ1) is 14.8. The fourth-order valence-electron chi connectivity index (χ4n) is 1.75. The Labute approximate surface area is 128 Å². The van der Waals surface area contributed by atoms with E-state index in [0.29, 0.717) is 5.92 Å². The summed E-state index contributed by atoms with van der Waals surface area (Å²) in [5.74, 6) is 2.97. The number of hydrogen-bond donors (Lipinski definition) is 2. The van der Waals surface area contributed by atoms with E-state index in [1.54, 1.807) is 0 Å². The fourth-order valence-corrected chi connectivity index (χ4v) is 2.14. The van der Waals surface area contributed by atoms with Crippen molar-refractivity contribution in [1.29, 1.82) is 0 Å². The molecule has 0 radical (unpaired) electrons. The van der Waals surface area contributed by atoms with Gasteiger partial charge < -0.3 is 10.6 Å². The molecule has 0 aliphatic heterocycles. The van der Waals surface area contributed by atoms with E-state index in [1.807, 2.05) is 37.3 Å². The molecule has 2 N–H and O–H groups in total. The van der Waals surface area contributed by atoms with Gasteiger partial charge in [0, 0.05) is 22.8 Å². The molecule has 0 bridgehead atoms. The third kappa shape index (κ3) is 4.49. The van der Waals surface area contributed by atoms with Gasteiger partial charge in [-0.25, -0.2) is 9.97 Å². The van der Waals surface area contributed by atoms with Crippen molar-refractivity contribution < 1.29 is 0 Å². The molecule has 1 aromatic carbocycles. The van der Waals surface area contributed by atoms with Crippen molar-refractivity contribution in [2.24, 2.45) is 5.92 Å². The van der Waals surface area contributed by atoms with Crippen LogP contribution in [-0.4, -0.2) is 16.5 Å². The number of benzene rings is 1. The molecule has 2 aromatic rings. The van der Waals surface area contributed by atoms with Crippen LogP contribution in [0.3, 0.4) is 0 Å². The SMILES string of the molecule is Cc1nc(NCC(C)C)cc(Nc2cccc(Br)c2)n1. The zero-order valence-corrected chi connectivity index (χ0v) is 13.5. The number of nitrogens with zero attached hydrogens (tertiary/aromatic N) is 2. The lowest BCUT2D eigenvalue weighted by Gasteiger charge is -2.11. The molecule has 1 heterocycles. The van der Waals surface area contributed by atoms with E-state index in [0.717, 1.165) is 34.2 Å². The molecule has 106 valence electrons. The average Bonchev–Trinajstić information content (AvgIpc) is 2.35. The number of rotatable bonds is 5. The van der Waals surface area contributed by atoms with Gasteiger partial charge in [-0.2, -0.15) is 0 Å². The predicted molar refractivity (Wildman–Crippen MR) is 87.5 cm³/mol. The van der Waals surface area contributed by atoms with Gasteiger partial charge in [0.05, 0.1) is 0 Å². The van der Waals surface area contributed by atoms with E-state index in [1.165, 1.54) is 0 Å². The lowest BCUT2D eigenvalue weighted by molar-refractivity contribution is 0.686. The lowest BCUT2D eigenvalue weighted by atomic mass is 10.2. The first-order chi connectivity index (χ1) is 9.52. The van der Waals surface area contributed by atoms with Gasteiger partial charge >= 0.3 is 0 Å². The van der Waals surface area contributed by atoms with E-state index in [9.17, 15) is 0 Å². The van der Waals surface area contributed by atoms with E-state index >= 15 is 0 Å². The van der Waals surface area contributed by atoms with Gasteiger partial charge in [-0.3, -0.25) is 0 Å². The van der Waals surface area contributed by atoms with Crippen LogP contribution in [0.4, 0.5) is 17.3 Å².